The molecule has 0 aliphatic carbocycles. The van der Waals surface area contributed by atoms with Crippen LogP contribution in [0.25, 0.3) is 0 Å². The molecule has 1 unspecified atom stereocenters. The molecule has 1 saturated heterocycles. The van der Waals surface area contributed by atoms with Crippen molar-refractivity contribution in [2.45, 2.75) is 31.3 Å². The molecule has 21 heavy (non-hydrogen) atoms. The first kappa shape index (κ1) is 16.5. The minimum absolute atomic E-state index is 0.0238. The molecule has 1 N–H and O–H groups in total. The van der Waals surface area contributed by atoms with Crippen LogP contribution in [0.5, 0.6) is 5.75 Å². The van der Waals surface area contributed by atoms with Crippen molar-refractivity contribution in [3.05, 3.63) is 22.7 Å². The topological polar surface area (TPSA) is 66.8 Å². The lowest BCUT2D eigenvalue weighted by Crippen LogP contribution is -2.39. The molecule has 0 amide bonds. The first-order valence-electron chi connectivity index (χ1n) is 6.87. The fourth-order valence-electron chi connectivity index (χ4n) is 2.67. The lowest BCUT2D eigenvalue weighted by molar-refractivity contribution is 0.270. The minimum Gasteiger partial charge on any atom is -0.495 e. The van der Waals surface area contributed by atoms with Gasteiger partial charge in [0.15, 0.2) is 0 Å². The largest absolute Gasteiger partial charge is 0.495 e. The smallest absolute Gasteiger partial charge is 0.246 e. The lowest BCUT2D eigenvalue weighted by atomic mass is 10.0. The molecular formula is C14H20ClNO4S. The number of aliphatic hydroxyl groups is 1. The van der Waals surface area contributed by atoms with Gasteiger partial charge in [0.2, 0.25) is 10.0 Å². The minimum atomic E-state index is -3.68. The van der Waals surface area contributed by atoms with E-state index in [0.29, 0.717) is 24.6 Å². The fourth-order valence-corrected chi connectivity index (χ4v) is 4.80. The summed E-state index contributed by atoms with van der Waals surface area (Å²) in [6.07, 6.45) is 1.87. The maximum atomic E-state index is 12.8. The van der Waals surface area contributed by atoms with Gasteiger partial charge in [-0.3, -0.25) is 0 Å². The maximum Gasteiger partial charge on any atom is 0.246 e. The van der Waals surface area contributed by atoms with Gasteiger partial charge in [-0.05, 0) is 30.9 Å². The quantitative estimate of drug-likeness (QED) is 0.917. The predicted molar refractivity (Wildman–Crippen MR) is 81.1 cm³/mol. The molecule has 1 fully saturated rings. The van der Waals surface area contributed by atoms with Crippen molar-refractivity contribution < 1.29 is 18.3 Å². The van der Waals surface area contributed by atoms with Gasteiger partial charge < -0.3 is 9.84 Å². The molecule has 5 nitrogen and oxygen atoms in total. The third-order valence-electron chi connectivity index (χ3n) is 3.71. The summed E-state index contributed by atoms with van der Waals surface area (Å²) >= 11 is 5.98. The van der Waals surface area contributed by atoms with Gasteiger partial charge >= 0.3 is 0 Å². The van der Waals surface area contributed by atoms with Crippen LogP contribution in [0.2, 0.25) is 5.02 Å². The highest BCUT2D eigenvalue weighted by atomic mass is 35.5. The van der Waals surface area contributed by atoms with Crippen molar-refractivity contribution in [2.24, 2.45) is 5.92 Å². The number of hydrogen-bond acceptors (Lipinski definition) is 4. The predicted octanol–water partition coefficient (Wildman–Crippen LogP) is 2.26. The highest BCUT2D eigenvalue weighted by molar-refractivity contribution is 7.89. The van der Waals surface area contributed by atoms with Crippen LogP contribution >= 0.6 is 11.6 Å². The van der Waals surface area contributed by atoms with E-state index >= 15 is 0 Å². The number of rotatable bonds is 4. The molecule has 1 atom stereocenters. The zero-order chi connectivity index (χ0) is 15.6. The van der Waals surface area contributed by atoms with Crippen molar-refractivity contribution >= 4 is 21.6 Å². The van der Waals surface area contributed by atoms with Crippen molar-refractivity contribution in [1.82, 2.24) is 4.31 Å². The summed E-state index contributed by atoms with van der Waals surface area (Å²) in [7, 11) is -2.29. The van der Waals surface area contributed by atoms with Crippen LogP contribution in [0.1, 0.15) is 25.3 Å². The molecule has 7 heteroatoms. The molecular weight excluding hydrogens is 314 g/mol. The standard InChI is InChI=1S/C14H20ClNO4S/c1-10-4-3-5-16(8-10)21(18,19)13-7-12(15)6-11(9-17)14(13)20-2/h6-7,10,17H,3-5,8-9H2,1-2H3. The molecule has 1 aromatic carbocycles. The highest BCUT2D eigenvalue weighted by Gasteiger charge is 2.32. The van der Waals surface area contributed by atoms with Crippen LogP contribution in [0, 0.1) is 5.92 Å². The molecule has 1 aliphatic heterocycles. The van der Waals surface area contributed by atoms with E-state index in [1.807, 2.05) is 6.92 Å². The van der Waals surface area contributed by atoms with Gasteiger partial charge in [-0.1, -0.05) is 18.5 Å². The number of hydrogen-bond donors (Lipinski definition) is 1. The number of ether oxygens (including phenoxy) is 1. The van der Waals surface area contributed by atoms with E-state index in [0.717, 1.165) is 12.8 Å². The van der Waals surface area contributed by atoms with E-state index in [2.05, 4.69) is 0 Å². The molecule has 2 rings (SSSR count). The molecule has 1 heterocycles. The Morgan fingerprint density at radius 1 is 1.48 bits per heavy atom. The van der Waals surface area contributed by atoms with Gasteiger partial charge in [0, 0.05) is 23.7 Å². The van der Waals surface area contributed by atoms with Gasteiger partial charge in [-0.15, -0.1) is 0 Å². The second kappa shape index (κ2) is 6.52. The van der Waals surface area contributed by atoms with Crippen molar-refractivity contribution in [1.29, 1.82) is 0 Å². The Hall–Kier alpha value is -0.820. The summed E-state index contributed by atoms with van der Waals surface area (Å²) < 4.78 is 32.3. The van der Waals surface area contributed by atoms with Crippen LogP contribution in [-0.2, 0) is 16.6 Å². The maximum absolute atomic E-state index is 12.8. The fraction of sp³-hybridized carbons (Fsp3) is 0.571. The monoisotopic (exact) mass is 333 g/mol. The third-order valence-corrected chi connectivity index (χ3v) is 5.80. The molecule has 118 valence electrons. The van der Waals surface area contributed by atoms with E-state index in [1.54, 1.807) is 0 Å². The molecule has 0 radical (unpaired) electrons. The Bertz CT molecular complexity index is 618. The second-order valence-electron chi connectivity index (χ2n) is 5.36. The lowest BCUT2D eigenvalue weighted by Gasteiger charge is -2.30. The van der Waals surface area contributed by atoms with Crippen LogP contribution in [-0.4, -0.2) is 38.0 Å². The average Bonchev–Trinajstić information content (AvgIpc) is 2.46. The van der Waals surface area contributed by atoms with Gasteiger partial charge in [-0.25, -0.2) is 8.42 Å². The zero-order valence-corrected chi connectivity index (χ0v) is 13.7. The Morgan fingerprint density at radius 2 is 2.19 bits per heavy atom. The van der Waals surface area contributed by atoms with E-state index in [9.17, 15) is 13.5 Å². The average molecular weight is 334 g/mol. The van der Waals surface area contributed by atoms with E-state index < -0.39 is 10.0 Å². The summed E-state index contributed by atoms with van der Waals surface area (Å²) in [5.74, 6) is 0.496. The summed E-state index contributed by atoms with van der Waals surface area (Å²) in [4.78, 5) is 0.0238. The molecule has 0 spiro atoms. The Morgan fingerprint density at radius 3 is 2.76 bits per heavy atom. The third kappa shape index (κ3) is 3.34. The molecule has 0 saturated carbocycles. The second-order valence-corrected chi connectivity index (χ2v) is 7.71. The number of methoxy groups -OCH3 is 1. The van der Waals surface area contributed by atoms with Crippen LogP contribution in [0.4, 0.5) is 0 Å². The summed E-state index contributed by atoms with van der Waals surface area (Å²) in [5, 5.41) is 9.64. The van der Waals surface area contributed by atoms with Crippen LogP contribution < -0.4 is 4.74 Å². The Kier molecular flexibility index (Phi) is 5.14. The number of piperidine rings is 1. The number of nitrogens with zero attached hydrogens (tertiary/aromatic N) is 1. The van der Waals surface area contributed by atoms with Gasteiger partial charge in [0.25, 0.3) is 0 Å². The first-order chi connectivity index (χ1) is 9.90. The molecule has 1 aliphatic rings. The number of aliphatic hydroxyl groups excluding tert-OH is 1. The van der Waals surface area contributed by atoms with Crippen LogP contribution in [0.15, 0.2) is 17.0 Å². The number of benzene rings is 1. The summed E-state index contributed by atoms with van der Waals surface area (Å²) in [6, 6.07) is 2.90. The van der Waals surface area contributed by atoms with Crippen LogP contribution in [0.3, 0.4) is 0 Å². The van der Waals surface area contributed by atoms with Crippen molar-refractivity contribution in [3.8, 4) is 5.75 Å². The zero-order valence-electron chi connectivity index (χ0n) is 12.2. The SMILES string of the molecule is COc1c(CO)cc(Cl)cc1S(=O)(=O)N1CCCC(C)C1. The summed E-state index contributed by atoms with van der Waals surface area (Å²) in [5.41, 5.74) is 0.369. The van der Waals surface area contributed by atoms with Gasteiger partial charge in [0.05, 0.1) is 13.7 Å². The number of halogens is 1. The van der Waals surface area contributed by atoms with Crippen molar-refractivity contribution in [3.63, 3.8) is 0 Å². The van der Waals surface area contributed by atoms with Crippen molar-refractivity contribution in [2.75, 3.05) is 20.2 Å². The molecule has 1 aromatic rings. The summed E-state index contributed by atoms with van der Waals surface area (Å²) in [6.45, 7) is 2.70. The molecule has 0 bridgehead atoms. The Labute approximate surface area is 130 Å². The van der Waals surface area contributed by atoms with E-state index in [-0.39, 0.29) is 22.3 Å². The number of sulfonamides is 1. The van der Waals surface area contributed by atoms with Gasteiger partial charge in [0.1, 0.15) is 10.6 Å². The van der Waals surface area contributed by atoms with E-state index in [4.69, 9.17) is 16.3 Å². The normalized spacial score (nSPS) is 20.5. The highest BCUT2D eigenvalue weighted by Crippen LogP contribution is 2.35. The molecule has 0 aromatic heterocycles. The van der Waals surface area contributed by atoms with Gasteiger partial charge in [-0.2, -0.15) is 4.31 Å². The van der Waals surface area contributed by atoms with E-state index in [1.165, 1.54) is 23.5 Å². The Balaban J connectivity index is 2.51. The first-order valence-corrected chi connectivity index (χ1v) is 8.69.